The summed E-state index contributed by atoms with van der Waals surface area (Å²) >= 11 is 0. The third-order valence-electron chi connectivity index (χ3n) is 3.35. The standard InChI is InChI=1S/C12H22N2O3/c1-12(7-3-4-8-12)13-11(17)14(2)9-5-6-10(15)16/h3-9H2,1-2H3,(H,13,17)(H,15,16). The van der Waals surface area contributed by atoms with E-state index in [-0.39, 0.29) is 18.0 Å². The van der Waals surface area contributed by atoms with E-state index < -0.39 is 5.97 Å². The van der Waals surface area contributed by atoms with Crippen LogP contribution in [-0.2, 0) is 4.79 Å². The average Bonchev–Trinajstić information content (AvgIpc) is 2.64. The number of hydrogen-bond donors (Lipinski definition) is 2. The summed E-state index contributed by atoms with van der Waals surface area (Å²) in [7, 11) is 1.70. The predicted molar refractivity (Wildman–Crippen MR) is 64.9 cm³/mol. The van der Waals surface area contributed by atoms with Gasteiger partial charge in [-0.1, -0.05) is 12.8 Å². The highest BCUT2D eigenvalue weighted by atomic mass is 16.4. The quantitative estimate of drug-likeness (QED) is 0.772. The highest BCUT2D eigenvalue weighted by molar-refractivity contribution is 5.74. The number of carboxylic acid groups (broad SMARTS) is 1. The number of carbonyl (C=O) groups excluding carboxylic acids is 1. The highest BCUT2D eigenvalue weighted by Gasteiger charge is 2.30. The number of hydrogen-bond acceptors (Lipinski definition) is 2. The fourth-order valence-electron chi connectivity index (χ4n) is 2.20. The van der Waals surface area contributed by atoms with E-state index in [2.05, 4.69) is 12.2 Å². The summed E-state index contributed by atoms with van der Waals surface area (Å²) in [6.07, 6.45) is 4.99. The minimum absolute atomic E-state index is 0.0713. The van der Waals surface area contributed by atoms with E-state index in [1.807, 2.05) is 0 Å². The van der Waals surface area contributed by atoms with Crippen LogP contribution in [-0.4, -0.2) is 41.1 Å². The molecule has 1 rings (SSSR count). The van der Waals surface area contributed by atoms with Gasteiger partial charge in [-0.25, -0.2) is 4.79 Å². The second-order valence-corrected chi connectivity index (χ2v) is 5.12. The number of carboxylic acids is 1. The van der Waals surface area contributed by atoms with Crippen LogP contribution < -0.4 is 5.32 Å². The van der Waals surface area contributed by atoms with E-state index in [0.717, 1.165) is 12.8 Å². The predicted octanol–water partition coefficient (Wildman–Crippen LogP) is 1.83. The molecular weight excluding hydrogens is 220 g/mol. The van der Waals surface area contributed by atoms with E-state index in [4.69, 9.17) is 5.11 Å². The largest absolute Gasteiger partial charge is 0.481 e. The normalized spacial score (nSPS) is 17.8. The Morgan fingerprint density at radius 2 is 1.94 bits per heavy atom. The molecule has 1 saturated carbocycles. The first-order valence-corrected chi connectivity index (χ1v) is 6.18. The topological polar surface area (TPSA) is 69.6 Å². The molecule has 0 unspecified atom stereocenters. The summed E-state index contributed by atoms with van der Waals surface area (Å²) in [5.41, 5.74) is -0.0713. The van der Waals surface area contributed by atoms with Gasteiger partial charge in [0.15, 0.2) is 0 Å². The molecule has 0 heterocycles. The molecule has 0 bridgehead atoms. The first-order valence-electron chi connectivity index (χ1n) is 6.18. The lowest BCUT2D eigenvalue weighted by Crippen LogP contribution is -2.49. The maximum Gasteiger partial charge on any atom is 0.317 e. The zero-order chi connectivity index (χ0) is 12.9. The van der Waals surface area contributed by atoms with Crippen molar-refractivity contribution in [3.63, 3.8) is 0 Å². The number of aliphatic carboxylic acids is 1. The Hall–Kier alpha value is -1.26. The molecule has 0 aliphatic heterocycles. The first kappa shape index (κ1) is 13.8. The van der Waals surface area contributed by atoms with Gasteiger partial charge in [-0.05, 0) is 26.2 Å². The van der Waals surface area contributed by atoms with Crippen LogP contribution in [0.1, 0.15) is 45.4 Å². The maximum atomic E-state index is 11.8. The van der Waals surface area contributed by atoms with Crippen molar-refractivity contribution in [3.8, 4) is 0 Å². The molecule has 17 heavy (non-hydrogen) atoms. The summed E-state index contributed by atoms with van der Waals surface area (Å²) < 4.78 is 0. The maximum absolute atomic E-state index is 11.8. The second-order valence-electron chi connectivity index (χ2n) is 5.12. The van der Waals surface area contributed by atoms with E-state index in [0.29, 0.717) is 13.0 Å². The van der Waals surface area contributed by atoms with Gasteiger partial charge in [0, 0.05) is 25.6 Å². The molecule has 2 N–H and O–H groups in total. The van der Waals surface area contributed by atoms with Crippen molar-refractivity contribution in [2.45, 2.75) is 51.0 Å². The van der Waals surface area contributed by atoms with Gasteiger partial charge in [0.1, 0.15) is 0 Å². The lowest BCUT2D eigenvalue weighted by Gasteiger charge is -2.28. The van der Waals surface area contributed by atoms with Crippen LogP contribution in [0.15, 0.2) is 0 Å². The summed E-state index contributed by atoms with van der Waals surface area (Å²) in [6, 6.07) is -0.0974. The number of urea groups is 1. The van der Waals surface area contributed by atoms with Gasteiger partial charge in [-0.2, -0.15) is 0 Å². The van der Waals surface area contributed by atoms with E-state index in [1.165, 1.54) is 12.8 Å². The molecule has 0 radical (unpaired) electrons. The van der Waals surface area contributed by atoms with Crippen LogP contribution in [0.5, 0.6) is 0 Å². The second kappa shape index (κ2) is 5.89. The van der Waals surface area contributed by atoms with Crippen molar-refractivity contribution in [2.75, 3.05) is 13.6 Å². The SMILES string of the molecule is CN(CCCC(=O)O)C(=O)NC1(C)CCCC1. The van der Waals surface area contributed by atoms with E-state index in [1.54, 1.807) is 11.9 Å². The molecule has 98 valence electrons. The van der Waals surface area contributed by atoms with Crippen LogP contribution in [0, 0.1) is 0 Å². The number of amides is 2. The van der Waals surface area contributed by atoms with Gasteiger partial charge in [0.25, 0.3) is 0 Å². The van der Waals surface area contributed by atoms with Gasteiger partial charge in [-0.3, -0.25) is 4.79 Å². The molecular formula is C12H22N2O3. The molecule has 0 aromatic heterocycles. The number of nitrogens with one attached hydrogen (secondary N) is 1. The Morgan fingerprint density at radius 1 is 1.35 bits per heavy atom. The molecule has 0 spiro atoms. The van der Waals surface area contributed by atoms with E-state index >= 15 is 0 Å². The van der Waals surface area contributed by atoms with Crippen molar-refractivity contribution in [1.29, 1.82) is 0 Å². The Kier molecular flexibility index (Phi) is 4.78. The van der Waals surface area contributed by atoms with Gasteiger partial charge >= 0.3 is 12.0 Å². The molecule has 0 aromatic rings. The molecule has 1 aliphatic carbocycles. The zero-order valence-electron chi connectivity index (χ0n) is 10.7. The molecule has 2 amide bonds. The average molecular weight is 242 g/mol. The van der Waals surface area contributed by atoms with Crippen molar-refractivity contribution < 1.29 is 14.7 Å². The smallest absolute Gasteiger partial charge is 0.317 e. The van der Waals surface area contributed by atoms with Crippen molar-refractivity contribution in [3.05, 3.63) is 0 Å². The zero-order valence-corrected chi connectivity index (χ0v) is 10.7. The van der Waals surface area contributed by atoms with Gasteiger partial charge in [0.2, 0.25) is 0 Å². The van der Waals surface area contributed by atoms with Crippen molar-refractivity contribution in [1.82, 2.24) is 10.2 Å². The first-order chi connectivity index (χ1) is 7.93. The Labute approximate surface area is 102 Å². The Bertz CT molecular complexity index is 285. The van der Waals surface area contributed by atoms with Gasteiger partial charge < -0.3 is 15.3 Å². The van der Waals surface area contributed by atoms with E-state index in [9.17, 15) is 9.59 Å². The number of nitrogens with zero attached hydrogens (tertiary/aromatic N) is 1. The minimum atomic E-state index is -0.818. The third-order valence-corrected chi connectivity index (χ3v) is 3.35. The van der Waals surface area contributed by atoms with Crippen LogP contribution in [0.25, 0.3) is 0 Å². The van der Waals surface area contributed by atoms with Crippen LogP contribution >= 0.6 is 0 Å². The van der Waals surface area contributed by atoms with Crippen LogP contribution in [0.3, 0.4) is 0 Å². The Morgan fingerprint density at radius 3 is 2.47 bits per heavy atom. The van der Waals surface area contributed by atoms with Crippen LogP contribution in [0.2, 0.25) is 0 Å². The summed E-state index contributed by atoms with van der Waals surface area (Å²) in [5, 5.41) is 11.5. The molecule has 0 saturated heterocycles. The third kappa shape index (κ3) is 4.63. The summed E-state index contributed by atoms with van der Waals surface area (Å²) in [4.78, 5) is 23.8. The molecule has 5 heteroatoms. The fraction of sp³-hybridized carbons (Fsp3) is 0.833. The van der Waals surface area contributed by atoms with Gasteiger partial charge in [0.05, 0.1) is 0 Å². The molecule has 0 atom stereocenters. The fourth-order valence-corrected chi connectivity index (χ4v) is 2.20. The minimum Gasteiger partial charge on any atom is -0.481 e. The van der Waals surface area contributed by atoms with Gasteiger partial charge in [-0.15, -0.1) is 0 Å². The molecule has 5 nitrogen and oxygen atoms in total. The van der Waals surface area contributed by atoms with Crippen LogP contribution in [0.4, 0.5) is 4.79 Å². The van der Waals surface area contributed by atoms with Crippen molar-refractivity contribution >= 4 is 12.0 Å². The highest BCUT2D eigenvalue weighted by Crippen LogP contribution is 2.28. The molecule has 0 aromatic carbocycles. The Balaban J connectivity index is 2.28. The lowest BCUT2D eigenvalue weighted by atomic mass is 10.0. The lowest BCUT2D eigenvalue weighted by molar-refractivity contribution is -0.137. The summed E-state index contributed by atoms with van der Waals surface area (Å²) in [6.45, 7) is 2.55. The molecule has 1 fully saturated rings. The van der Waals surface area contributed by atoms with Crippen molar-refractivity contribution in [2.24, 2.45) is 0 Å². The molecule has 1 aliphatic rings. The number of rotatable bonds is 5. The summed E-state index contributed by atoms with van der Waals surface area (Å²) in [5.74, 6) is -0.818. The monoisotopic (exact) mass is 242 g/mol. The number of carbonyl (C=O) groups is 2.